The number of halogens is 1. The van der Waals surface area contributed by atoms with Gasteiger partial charge in [-0.05, 0) is 48.0 Å². The molecule has 0 atom stereocenters. The number of benzene rings is 2. The zero-order valence-electron chi connectivity index (χ0n) is 12.6. The maximum Gasteiger partial charge on any atom is 0.257 e. The topological polar surface area (TPSA) is 55.4 Å². The van der Waals surface area contributed by atoms with E-state index in [9.17, 15) is 9.59 Å². The summed E-state index contributed by atoms with van der Waals surface area (Å²) in [5.74, 6) is 0.209. The molecule has 2 aromatic carbocycles. The molecule has 0 fully saturated rings. The molecule has 0 spiro atoms. The second-order valence-corrected chi connectivity index (χ2v) is 5.17. The van der Waals surface area contributed by atoms with Crippen LogP contribution in [0.15, 0.2) is 54.6 Å². The molecule has 4 nitrogen and oxygen atoms in total. The Kier molecular flexibility index (Phi) is 5.94. The highest BCUT2D eigenvalue weighted by atomic mass is 35.5. The first-order chi connectivity index (χ1) is 11.1. The van der Waals surface area contributed by atoms with Gasteiger partial charge in [0.15, 0.2) is 12.4 Å². The number of likely N-dealkylation sites (N-methyl/N-ethyl adjacent to an activating group) is 1. The highest BCUT2D eigenvalue weighted by molar-refractivity contribution is 6.30. The Morgan fingerprint density at radius 3 is 2.35 bits per heavy atom. The molecular weight excluding hydrogens is 314 g/mol. The van der Waals surface area contributed by atoms with Crippen molar-refractivity contribution in [2.24, 2.45) is 0 Å². The third-order valence-corrected chi connectivity index (χ3v) is 3.34. The van der Waals surface area contributed by atoms with Crippen molar-refractivity contribution in [2.75, 3.05) is 13.7 Å². The molecule has 0 bridgehead atoms. The molecule has 2 rings (SSSR count). The molecule has 0 aromatic heterocycles. The average molecular weight is 330 g/mol. The lowest BCUT2D eigenvalue weighted by atomic mass is 10.1. The van der Waals surface area contributed by atoms with Gasteiger partial charge in [0.25, 0.3) is 5.91 Å². The summed E-state index contributed by atoms with van der Waals surface area (Å²) in [5.41, 5.74) is 1.44. The fourth-order valence-corrected chi connectivity index (χ4v) is 1.90. The Morgan fingerprint density at radius 2 is 1.74 bits per heavy atom. The number of rotatable bonds is 6. The van der Waals surface area contributed by atoms with E-state index in [4.69, 9.17) is 16.3 Å². The molecule has 0 radical (unpaired) electrons. The number of hydrogen-bond donors (Lipinski definition) is 1. The molecule has 0 aliphatic rings. The van der Waals surface area contributed by atoms with Crippen LogP contribution in [0.3, 0.4) is 0 Å². The van der Waals surface area contributed by atoms with Crippen LogP contribution in [-0.2, 0) is 4.79 Å². The highest BCUT2D eigenvalue weighted by Gasteiger charge is 2.04. The van der Waals surface area contributed by atoms with Gasteiger partial charge in [-0.3, -0.25) is 9.59 Å². The predicted octanol–water partition coefficient (Wildman–Crippen LogP) is 3.36. The van der Waals surface area contributed by atoms with Gasteiger partial charge in [0, 0.05) is 17.6 Å². The van der Waals surface area contributed by atoms with Crippen molar-refractivity contribution in [1.29, 1.82) is 0 Å². The second-order valence-electron chi connectivity index (χ2n) is 4.74. The third kappa shape index (κ3) is 5.27. The maximum atomic E-state index is 12.1. The van der Waals surface area contributed by atoms with E-state index < -0.39 is 0 Å². The third-order valence-electron chi connectivity index (χ3n) is 3.08. The second kappa shape index (κ2) is 8.15. The lowest BCUT2D eigenvalue weighted by molar-refractivity contribution is -0.122. The molecule has 0 saturated carbocycles. The van der Waals surface area contributed by atoms with Crippen molar-refractivity contribution < 1.29 is 14.3 Å². The van der Waals surface area contributed by atoms with E-state index in [-0.39, 0.29) is 18.3 Å². The molecule has 0 saturated heterocycles. The summed E-state index contributed by atoms with van der Waals surface area (Å²) in [6.07, 6.45) is 3.23. The number of carbonyl (C=O) groups is 2. The predicted molar refractivity (Wildman–Crippen MR) is 90.8 cm³/mol. The molecule has 5 heteroatoms. The van der Waals surface area contributed by atoms with Crippen LogP contribution in [0.2, 0.25) is 5.02 Å². The monoisotopic (exact) mass is 329 g/mol. The SMILES string of the molecule is CNC(=O)COc1ccc(C(=O)/C=C/c2ccc(Cl)cc2)cc1. The normalized spacial score (nSPS) is 10.5. The number of carbonyl (C=O) groups excluding carboxylic acids is 2. The lowest BCUT2D eigenvalue weighted by Crippen LogP contribution is -2.24. The van der Waals surface area contributed by atoms with Crippen LogP contribution >= 0.6 is 11.6 Å². The van der Waals surface area contributed by atoms with Crippen molar-refractivity contribution >= 4 is 29.4 Å². The highest BCUT2D eigenvalue weighted by Crippen LogP contribution is 2.14. The average Bonchev–Trinajstić information content (AvgIpc) is 2.59. The van der Waals surface area contributed by atoms with Gasteiger partial charge in [0.05, 0.1) is 0 Å². The summed E-state index contributed by atoms with van der Waals surface area (Å²) in [5, 5.41) is 3.12. The Bertz CT molecular complexity index is 706. The number of hydrogen-bond acceptors (Lipinski definition) is 3. The van der Waals surface area contributed by atoms with Gasteiger partial charge >= 0.3 is 0 Å². The van der Waals surface area contributed by atoms with Gasteiger partial charge in [-0.15, -0.1) is 0 Å². The maximum absolute atomic E-state index is 12.1. The van der Waals surface area contributed by atoms with Gasteiger partial charge in [-0.2, -0.15) is 0 Å². The van der Waals surface area contributed by atoms with Gasteiger partial charge in [0.1, 0.15) is 5.75 Å². The smallest absolute Gasteiger partial charge is 0.257 e. The fraction of sp³-hybridized carbons (Fsp3) is 0.111. The molecule has 1 N–H and O–H groups in total. The zero-order valence-corrected chi connectivity index (χ0v) is 13.3. The van der Waals surface area contributed by atoms with Gasteiger partial charge in [-0.1, -0.05) is 29.8 Å². The van der Waals surface area contributed by atoms with Crippen molar-refractivity contribution in [3.8, 4) is 5.75 Å². The Morgan fingerprint density at radius 1 is 1.09 bits per heavy atom. The van der Waals surface area contributed by atoms with E-state index in [2.05, 4.69) is 5.32 Å². The van der Waals surface area contributed by atoms with E-state index in [0.29, 0.717) is 16.3 Å². The summed E-state index contributed by atoms with van der Waals surface area (Å²) in [7, 11) is 1.54. The summed E-state index contributed by atoms with van der Waals surface area (Å²) in [6.45, 7) is -0.0553. The molecule has 0 aliphatic carbocycles. The van der Waals surface area contributed by atoms with Gasteiger partial charge < -0.3 is 10.1 Å². The van der Waals surface area contributed by atoms with Crippen molar-refractivity contribution in [1.82, 2.24) is 5.32 Å². The summed E-state index contributed by atoms with van der Waals surface area (Å²) < 4.78 is 5.28. The molecule has 23 heavy (non-hydrogen) atoms. The zero-order chi connectivity index (χ0) is 16.7. The van der Waals surface area contributed by atoms with Crippen molar-refractivity contribution in [3.05, 3.63) is 70.8 Å². The number of ketones is 1. The number of allylic oxidation sites excluding steroid dienone is 1. The summed E-state index contributed by atoms with van der Waals surface area (Å²) in [6, 6.07) is 13.8. The Labute approximate surface area is 139 Å². The van der Waals surface area contributed by atoms with E-state index >= 15 is 0 Å². The van der Waals surface area contributed by atoms with Crippen LogP contribution in [0.1, 0.15) is 15.9 Å². The van der Waals surface area contributed by atoms with Crippen LogP contribution in [0, 0.1) is 0 Å². The van der Waals surface area contributed by atoms with E-state index in [1.54, 1.807) is 49.5 Å². The molecule has 1 amide bonds. The molecule has 2 aromatic rings. The standard InChI is InChI=1S/C18H16ClNO3/c1-20-18(22)12-23-16-9-5-14(6-10-16)17(21)11-4-13-2-7-15(19)8-3-13/h2-11H,12H2,1H3,(H,20,22)/b11-4+. The van der Waals surface area contributed by atoms with Gasteiger partial charge in [0.2, 0.25) is 0 Å². The van der Waals surface area contributed by atoms with Crippen molar-refractivity contribution in [3.63, 3.8) is 0 Å². The van der Waals surface area contributed by atoms with Crippen LogP contribution in [0.4, 0.5) is 0 Å². The van der Waals surface area contributed by atoms with Crippen LogP contribution in [-0.4, -0.2) is 25.3 Å². The lowest BCUT2D eigenvalue weighted by Gasteiger charge is -2.05. The fourth-order valence-electron chi connectivity index (χ4n) is 1.78. The number of nitrogens with one attached hydrogen (secondary N) is 1. The molecule has 0 unspecified atom stereocenters. The van der Waals surface area contributed by atoms with E-state index in [0.717, 1.165) is 5.56 Å². The summed E-state index contributed by atoms with van der Waals surface area (Å²) >= 11 is 5.81. The Balaban J connectivity index is 1.97. The first-order valence-corrected chi connectivity index (χ1v) is 7.37. The van der Waals surface area contributed by atoms with E-state index in [1.165, 1.54) is 6.08 Å². The van der Waals surface area contributed by atoms with Crippen LogP contribution in [0.25, 0.3) is 6.08 Å². The van der Waals surface area contributed by atoms with E-state index in [1.807, 2.05) is 12.1 Å². The first kappa shape index (κ1) is 16.8. The quantitative estimate of drug-likeness (QED) is 0.653. The van der Waals surface area contributed by atoms with Crippen molar-refractivity contribution in [2.45, 2.75) is 0 Å². The number of amides is 1. The minimum Gasteiger partial charge on any atom is -0.484 e. The molecule has 118 valence electrons. The molecule has 0 aliphatic heterocycles. The molecular formula is C18H16ClNO3. The first-order valence-electron chi connectivity index (χ1n) is 7.00. The largest absolute Gasteiger partial charge is 0.484 e. The van der Waals surface area contributed by atoms with Crippen LogP contribution in [0.5, 0.6) is 5.75 Å². The number of ether oxygens (including phenoxy) is 1. The summed E-state index contributed by atoms with van der Waals surface area (Å²) in [4.78, 5) is 23.2. The minimum atomic E-state index is -0.212. The van der Waals surface area contributed by atoms with Crippen LogP contribution < -0.4 is 10.1 Å². The minimum absolute atomic E-state index is 0.0553. The molecule has 0 heterocycles. The van der Waals surface area contributed by atoms with Gasteiger partial charge in [-0.25, -0.2) is 0 Å². The Hall–Kier alpha value is -2.59.